The molecule has 10 heteroatoms. The molecule has 0 N–H and O–H groups in total. The molecule has 0 aromatic heterocycles. The fraction of sp³-hybridized carbons (Fsp3) is 0.591. The zero-order valence-electron chi connectivity index (χ0n) is 19.2. The van der Waals surface area contributed by atoms with Crippen LogP contribution in [0.4, 0.5) is 4.79 Å². The molecule has 0 atom stereocenters. The number of benzene rings is 1. The van der Waals surface area contributed by atoms with Gasteiger partial charge in [-0.25, -0.2) is 9.59 Å². The van der Waals surface area contributed by atoms with E-state index in [4.69, 9.17) is 14.2 Å². The fourth-order valence-electron chi connectivity index (χ4n) is 2.98. The molecule has 0 aliphatic carbocycles. The summed E-state index contributed by atoms with van der Waals surface area (Å²) in [6, 6.07) is 3.61. The van der Waals surface area contributed by atoms with Crippen molar-refractivity contribution in [2.45, 2.75) is 62.9 Å². The van der Waals surface area contributed by atoms with Crippen molar-refractivity contribution in [3.8, 4) is 5.75 Å². The summed E-state index contributed by atoms with van der Waals surface area (Å²) < 4.78 is 16.9. The first-order chi connectivity index (χ1) is 14.8. The number of ether oxygens (including phenoxy) is 3. The number of hydrogen-bond donors (Lipinski definition) is 0. The van der Waals surface area contributed by atoms with Gasteiger partial charge in [-0.3, -0.25) is 4.99 Å². The maximum Gasteiger partial charge on any atom is 0.514 e. The Kier molecular flexibility index (Phi) is 7.77. The molecule has 0 spiro atoms. The van der Waals surface area contributed by atoms with Crippen LogP contribution < -0.4 is 4.74 Å². The lowest BCUT2D eigenvalue weighted by Crippen LogP contribution is -2.50. The number of carbonyl (C=O) groups is 2. The molecular weight excluding hydrogens is 516 g/mol. The predicted octanol–water partition coefficient (Wildman–Crippen LogP) is 5.60. The van der Waals surface area contributed by atoms with Crippen LogP contribution >= 0.6 is 39.5 Å². The molecule has 1 aromatic rings. The molecule has 1 fully saturated rings. The van der Waals surface area contributed by atoms with Crippen LogP contribution in [-0.2, 0) is 9.47 Å². The fourth-order valence-corrected chi connectivity index (χ4v) is 5.58. The second kappa shape index (κ2) is 9.85. The number of rotatable bonds is 4. The molecule has 7 nitrogen and oxygen atoms in total. The number of hydrogen-bond acceptors (Lipinski definition) is 9. The van der Waals surface area contributed by atoms with Gasteiger partial charge in [-0.2, -0.15) is 0 Å². The quantitative estimate of drug-likeness (QED) is 0.358. The summed E-state index contributed by atoms with van der Waals surface area (Å²) in [4.78, 5) is 33.0. The highest BCUT2D eigenvalue weighted by molar-refractivity contribution is 9.10. The zero-order chi connectivity index (χ0) is 23.7. The summed E-state index contributed by atoms with van der Waals surface area (Å²) in [6.07, 6.45) is -0.878. The van der Waals surface area contributed by atoms with Crippen molar-refractivity contribution in [2.75, 3.05) is 25.4 Å². The third kappa shape index (κ3) is 6.81. The highest BCUT2D eigenvalue weighted by atomic mass is 79.9. The maximum atomic E-state index is 13.2. The van der Waals surface area contributed by atoms with E-state index >= 15 is 0 Å². The Bertz CT molecular complexity index is 918. The van der Waals surface area contributed by atoms with Crippen molar-refractivity contribution in [1.82, 2.24) is 4.90 Å². The summed E-state index contributed by atoms with van der Waals surface area (Å²) in [5.41, 5.74) is -1.20. The standard InChI is InChI=1S/C22H29BrN2O5S2/c1-21(2,3)29-18(26)16-15(32-13-11-25(12-13)19-24-9-10-31-19)8-7-14(23)17(16)28-20(27)30-22(4,5)6/h7-8,13H,9-12H2,1-6H3. The second-order valence-corrected chi connectivity index (χ2v) is 12.7. The minimum Gasteiger partial charge on any atom is -0.456 e. The van der Waals surface area contributed by atoms with Crippen LogP contribution in [0.25, 0.3) is 0 Å². The number of esters is 1. The number of nitrogens with zero attached hydrogens (tertiary/aromatic N) is 2. The van der Waals surface area contributed by atoms with Crippen LogP contribution in [0.1, 0.15) is 51.9 Å². The molecule has 176 valence electrons. The van der Waals surface area contributed by atoms with Gasteiger partial charge < -0.3 is 19.1 Å². The first kappa shape index (κ1) is 25.2. The van der Waals surface area contributed by atoms with E-state index in [1.54, 1.807) is 71.1 Å². The third-order valence-electron chi connectivity index (χ3n) is 4.23. The second-order valence-electron chi connectivity index (χ2n) is 9.48. The third-order valence-corrected chi connectivity index (χ3v) is 7.11. The summed E-state index contributed by atoms with van der Waals surface area (Å²) >= 11 is 6.77. The lowest BCUT2D eigenvalue weighted by Gasteiger charge is -2.40. The van der Waals surface area contributed by atoms with E-state index in [-0.39, 0.29) is 16.6 Å². The van der Waals surface area contributed by atoms with E-state index in [9.17, 15) is 9.59 Å². The molecular formula is C22H29BrN2O5S2. The first-order valence-electron chi connectivity index (χ1n) is 10.4. The monoisotopic (exact) mass is 544 g/mol. The van der Waals surface area contributed by atoms with Gasteiger partial charge in [-0.15, -0.1) is 11.8 Å². The largest absolute Gasteiger partial charge is 0.514 e. The van der Waals surface area contributed by atoms with Gasteiger partial charge in [0, 0.05) is 29.0 Å². The van der Waals surface area contributed by atoms with E-state index in [1.807, 2.05) is 6.07 Å². The van der Waals surface area contributed by atoms with Gasteiger partial charge in [0.2, 0.25) is 0 Å². The normalized spacial score (nSPS) is 17.0. The van der Waals surface area contributed by atoms with Gasteiger partial charge in [0.25, 0.3) is 0 Å². The molecule has 1 aromatic carbocycles. The number of carbonyl (C=O) groups excluding carboxylic acids is 2. The van der Waals surface area contributed by atoms with Crippen LogP contribution in [0.5, 0.6) is 5.75 Å². The van der Waals surface area contributed by atoms with Gasteiger partial charge in [-0.05, 0) is 69.6 Å². The number of halogens is 1. The molecule has 0 saturated carbocycles. The highest BCUT2D eigenvalue weighted by Crippen LogP contribution is 2.41. The Morgan fingerprint density at radius 3 is 2.34 bits per heavy atom. The Hall–Kier alpha value is -1.39. The van der Waals surface area contributed by atoms with Gasteiger partial charge in [0.15, 0.2) is 10.9 Å². The van der Waals surface area contributed by atoms with Crippen molar-refractivity contribution in [2.24, 2.45) is 4.99 Å². The minimum atomic E-state index is -0.878. The van der Waals surface area contributed by atoms with E-state index in [0.29, 0.717) is 9.37 Å². The number of aliphatic imine (C=N–C) groups is 1. The first-order valence-corrected chi connectivity index (χ1v) is 13.0. The summed E-state index contributed by atoms with van der Waals surface area (Å²) in [5.74, 6) is 0.585. The lowest BCUT2D eigenvalue weighted by molar-refractivity contribution is 0.00562. The molecule has 32 heavy (non-hydrogen) atoms. The van der Waals surface area contributed by atoms with E-state index in [1.165, 1.54) is 0 Å². The van der Waals surface area contributed by atoms with Gasteiger partial charge >= 0.3 is 12.1 Å². The molecule has 1 saturated heterocycles. The van der Waals surface area contributed by atoms with Crippen LogP contribution in [0.2, 0.25) is 0 Å². The van der Waals surface area contributed by atoms with Crippen molar-refractivity contribution in [3.63, 3.8) is 0 Å². The number of thioether (sulfide) groups is 2. The maximum absolute atomic E-state index is 13.2. The zero-order valence-corrected chi connectivity index (χ0v) is 22.4. The van der Waals surface area contributed by atoms with Gasteiger partial charge in [-0.1, -0.05) is 11.8 Å². The van der Waals surface area contributed by atoms with Crippen molar-refractivity contribution in [1.29, 1.82) is 0 Å². The van der Waals surface area contributed by atoms with Gasteiger partial charge in [0.1, 0.15) is 16.8 Å². The molecule has 2 aliphatic rings. The Morgan fingerprint density at radius 1 is 1.12 bits per heavy atom. The number of amidine groups is 1. The average Bonchev–Trinajstić information content (AvgIpc) is 3.10. The van der Waals surface area contributed by atoms with Crippen molar-refractivity contribution in [3.05, 3.63) is 22.2 Å². The van der Waals surface area contributed by atoms with E-state index < -0.39 is 23.3 Å². The minimum absolute atomic E-state index is 0.102. The van der Waals surface area contributed by atoms with Crippen molar-refractivity contribution < 1.29 is 23.8 Å². The summed E-state index contributed by atoms with van der Waals surface area (Å²) in [5, 5.41) is 1.38. The number of likely N-dealkylation sites (tertiary alicyclic amines) is 1. The molecule has 0 radical (unpaired) electrons. The molecule has 2 heterocycles. The Labute approximate surface area is 206 Å². The van der Waals surface area contributed by atoms with E-state index in [2.05, 4.69) is 25.8 Å². The topological polar surface area (TPSA) is 77.4 Å². The summed E-state index contributed by atoms with van der Waals surface area (Å²) in [6.45, 7) is 13.2. The van der Waals surface area contributed by atoms with Crippen molar-refractivity contribution >= 4 is 56.7 Å². The van der Waals surface area contributed by atoms with E-state index in [0.717, 1.165) is 30.6 Å². The predicted molar refractivity (Wildman–Crippen MR) is 132 cm³/mol. The van der Waals surface area contributed by atoms with Crippen LogP contribution in [0.3, 0.4) is 0 Å². The SMILES string of the molecule is CC(C)(C)OC(=O)Oc1c(Br)ccc(SC2CN(C3=NCCS3)C2)c1C(=O)OC(C)(C)C. The molecule has 3 rings (SSSR count). The van der Waals surface area contributed by atoms with Crippen LogP contribution in [-0.4, -0.2) is 64.0 Å². The highest BCUT2D eigenvalue weighted by Gasteiger charge is 2.35. The molecule has 0 amide bonds. The lowest BCUT2D eigenvalue weighted by atomic mass is 10.1. The molecule has 2 aliphatic heterocycles. The van der Waals surface area contributed by atoms with Crippen LogP contribution in [0, 0.1) is 0 Å². The Balaban J connectivity index is 1.85. The Morgan fingerprint density at radius 2 is 1.78 bits per heavy atom. The van der Waals surface area contributed by atoms with Gasteiger partial charge in [0.05, 0.1) is 11.0 Å². The molecule has 0 bridgehead atoms. The smallest absolute Gasteiger partial charge is 0.456 e. The summed E-state index contributed by atoms with van der Waals surface area (Å²) in [7, 11) is 0. The van der Waals surface area contributed by atoms with Crippen LogP contribution in [0.15, 0.2) is 26.5 Å². The molecule has 0 unspecified atom stereocenters. The average molecular weight is 546 g/mol.